The molecule has 24 heavy (non-hydrogen) atoms. The summed E-state index contributed by atoms with van der Waals surface area (Å²) < 4.78 is 5.90. The summed E-state index contributed by atoms with van der Waals surface area (Å²) in [6, 6.07) is 6.15. The van der Waals surface area contributed by atoms with E-state index in [0.717, 1.165) is 36.4 Å². The maximum absolute atomic E-state index is 12.1. The largest absolute Gasteiger partial charge is 0.491 e. The lowest BCUT2D eigenvalue weighted by molar-refractivity contribution is -0.122. The van der Waals surface area contributed by atoms with Crippen molar-refractivity contribution >= 4 is 18.3 Å². The summed E-state index contributed by atoms with van der Waals surface area (Å²) in [5.41, 5.74) is 2.27. The standard InChI is InChI=1S/C19H30N2O2.ClH/c1-14-5-4-6-15(2)19(14)23-13-16(3)21-18(22)8-7-17-9-11-20-12-10-17;/h4-6,16-17,20H,7-13H2,1-3H3,(H,21,22);1H. The van der Waals surface area contributed by atoms with Crippen molar-refractivity contribution in [3.05, 3.63) is 29.3 Å². The highest BCUT2D eigenvalue weighted by molar-refractivity contribution is 5.85. The fraction of sp³-hybridized carbons (Fsp3) is 0.632. The lowest BCUT2D eigenvalue weighted by Gasteiger charge is -2.22. The van der Waals surface area contributed by atoms with Crippen molar-refractivity contribution in [2.45, 2.75) is 52.5 Å². The Bertz CT molecular complexity index is 496. The SMILES string of the molecule is Cc1cccc(C)c1OCC(C)NC(=O)CCC1CCNCC1.Cl. The van der Waals surface area contributed by atoms with Crippen molar-refractivity contribution in [3.63, 3.8) is 0 Å². The van der Waals surface area contributed by atoms with Crippen molar-refractivity contribution in [3.8, 4) is 5.75 Å². The van der Waals surface area contributed by atoms with Gasteiger partial charge in [0.1, 0.15) is 12.4 Å². The molecule has 1 saturated heterocycles. The van der Waals surface area contributed by atoms with Gasteiger partial charge in [0.05, 0.1) is 6.04 Å². The number of piperidine rings is 1. The fourth-order valence-electron chi connectivity index (χ4n) is 3.13. The number of carbonyl (C=O) groups excluding carboxylic acids is 1. The van der Waals surface area contributed by atoms with Crippen LogP contribution in [0, 0.1) is 19.8 Å². The third kappa shape index (κ3) is 6.70. The van der Waals surface area contributed by atoms with E-state index in [2.05, 4.69) is 10.6 Å². The first-order chi connectivity index (χ1) is 11.1. The van der Waals surface area contributed by atoms with E-state index in [-0.39, 0.29) is 24.4 Å². The van der Waals surface area contributed by atoms with Gasteiger partial charge >= 0.3 is 0 Å². The number of amides is 1. The van der Waals surface area contributed by atoms with Crippen LogP contribution >= 0.6 is 12.4 Å². The highest BCUT2D eigenvalue weighted by atomic mass is 35.5. The highest BCUT2D eigenvalue weighted by Crippen LogP contribution is 2.22. The van der Waals surface area contributed by atoms with Crippen molar-refractivity contribution in [1.29, 1.82) is 0 Å². The molecule has 136 valence electrons. The molecule has 4 nitrogen and oxygen atoms in total. The Hall–Kier alpha value is -1.26. The summed E-state index contributed by atoms with van der Waals surface area (Å²) in [6.45, 7) is 8.77. The Labute approximate surface area is 152 Å². The van der Waals surface area contributed by atoms with Crippen molar-refractivity contribution in [1.82, 2.24) is 10.6 Å². The Kier molecular flexibility index (Phi) is 9.16. The van der Waals surface area contributed by atoms with Crippen LogP contribution < -0.4 is 15.4 Å². The number of para-hydroxylation sites is 1. The molecule has 1 aliphatic heterocycles. The molecule has 1 atom stereocenters. The minimum absolute atomic E-state index is 0. The Morgan fingerprint density at radius 3 is 2.54 bits per heavy atom. The average Bonchev–Trinajstić information content (AvgIpc) is 2.53. The first-order valence-electron chi connectivity index (χ1n) is 8.75. The van der Waals surface area contributed by atoms with Crippen LogP contribution in [-0.4, -0.2) is 31.6 Å². The van der Waals surface area contributed by atoms with Gasteiger partial charge in [-0.1, -0.05) is 18.2 Å². The maximum atomic E-state index is 12.1. The molecular formula is C19H31ClN2O2. The summed E-state index contributed by atoms with van der Waals surface area (Å²) in [5.74, 6) is 1.77. The molecule has 1 fully saturated rings. The van der Waals surface area contributed by atoms with Crippen LogP contribution in [0.25, 0.3) is 0 Å². The minimum atomic E-state index is 0. The quantitative estimate of drug-likeness (QED) is 0.789. The van der Waals surface area contributed by atoms with Crippen LogP contribution in [0.4, 0.5) is 0 Å². The van der Waals surface area contributed by atoms with Crippen molar-refractivity contribution in [2.75, 3.05) is 19.7 Å². The zero-order chi connectivity index (χ0) is 16.7. The van der Waals surface area contributed by atoms with Gasteiger partial charge in [-0.05, 0) is 70.2 Å². The summed E-state index contributed by atoms with van der Waals surface area (Å²) in [5, 5.41) is 6.41. The van der Waals surface area contributed by atoms with Crippen molar-refractivity contribution < 1.29 is 9.53 Å². The number of ether oxygens (including phenoxy) is 1. The topological polar surface area (TPSA) is 50.4 Å². The van der Waals surface area contributed by atoms with Gasteiger partial charge in [-0.25, -0.2) is 0 Å². The van der Waals surface area contributed by atoms with Gasteiger partial charge in [0, 0.05) is 6.42 Å². The van der Waals surface area contributed by atoms with Crippen LogP contribution in [0.2, 0.25) is 0 Å². The monoisotopic (exact) mass is 354 g/mol. The molecule has 5 heteroatoms. The zero-order valence-electron chi connectivity index (χ0n) is 15.1. The number of benzene rings is 1. The maximum Gasteiger partial charge on any atom is 0.220 e. The predicted octanol–water partition coefficient (Wildman–Crippen LogP) is 3.39. The minimum Gasteiger partial charge on any atom is -0.491 e. The second-order valence-corrected chi connectivity index (χ2v) is 6.73. The first-order valence-corrected chi connectivity index (χ1v) is 8.75. The molecule has 1 aromatic rings. The second kappa shape index (κ2) is 10.6. The number of aryl methyl sites for hydroxylation is 2. The summed E-state index contributed by atoms with van der Waals surface area (Å²) in [4.78, 5) is 12.1. The number of hydrogen-bond acceptors (Lipinski definition) is 3. The first kappa shape index (κ1) is 20.8. The summed E-state index contributed by atoms with van der Waals surface area (Å²) in [6.07, 6.45) is 4.01. The lowest BCUT2D eigenvalue weighted by Crippen LogP contribution is -2.37. The molecule has 1 unspecified atom stereocenters. The summed E-state index contributed by atoms with van der Waals surface area (Å²) in [7, 11) is 0. The smallest absolute Gasteiger partial charge is 0.220 e. The second-order valence-electron chi connectivity index (χ2n) is 6.73. The number of hydrogen-bond donors (Lipinski definition) is 2. The van der Waals surface area contributed by atoms with E-state index in [9.17, 15) is 4.79 Å². The van der Waals surface area contributed by atoms with Crippen LogP contribution in [0.5, 0.6) is 5.75 Å². The van der Waals surface area contributed by atoms with Crippen LogP contribution in [-0.2, 0) is 4.79 Å². The Morgan fingerprint density at radius 1 is 1.29 bits per heavy atom. The van der Waals surface area contributed by atoms with E-state index >= 15 is 0 Å². The summed E-state index contributed by atoms with van der Waals surface area (Å²) >= 11 is 0. The fourth-order valence-corrected chi connectivity index (χ4v) is 3.13. The molecule has 0 aliphatic carbocycles. The van der Waals surface area contributed by atoms with E-state index in [0.29, 0.717) is 18.9 Å². The number of rotatable bonds is 7. The van der Waals surface area contributed by atoms with Gasteiger partial charge in [0.15, 0.2) is 0 Å². The van der Waals surface area contributed by atoms with Crippen LogP contribution in [0.15, 0.2) is 18.2 Å². The van der Waals surface area contributed by atoms with Gasteiger partial charge < -0.3 is 15.4 Å². The third-order valence-corrected chi connectivity index (χ3v) is 4.53. The predicted molar refractivity (Wildman–Crippen MR) is 101 cm³/mol. The Balaban J connectivity index is 0.00000288. The van der Waals surface area contributed by atoms with Crippen LogP contribution in [0.3, 0.4) is 0 Å². The van der Waals surface area contributed by atoms with E-state index in [1.165, 1.54) is 12.8 Å². The molecule has 1 heterocycles. The molecule has 0 spiro atoms. The molecule has 0 radical (unpaired) electrons. The molecule has 0 saturated carbocycles. The molecule has 1 aromatic carbocycles. The van der Waals surface area contributed by atoms with Crippen LogP contribution in [0.1, 0.15) is 43.7 Å². The molecule has 0 bridgehead atoms. The van der Waals surface area contributed by atoms with E-state index < -0.39 is 0 Å². The zero-order valence-corrected chi connectivity index (χ0v) is 15.9. The molecule has 2 rings (SSSR count). The van der Waals surface area contributed by atoms with Gasteiger partial charge in [0.25, 0.3) is 0 Å². The Morgan fingerprint density at radius 2 is 1.92 bits per heavy atom. The lowest BCUT2D eigenvalue weighted by atomic mass is 9.93. The number of nitrogens with one attached hydrogen (secondary N) is 2. The normalized spacial score (nSPS) is 16.1. The third-order valence-electron chi connectivity index (χ3n) is 4.53. The molecule has 0 aromatic heterocycles. The number of carbonyl (C=O) groups is 1. The van der Waals surface area contributed by atoms with Gasteiger partial charge in [-0.2, -0.15) is 0 Å². The van der Waals surface area contributed by atoms with E-state index in [4.69, 9.17) is 4.74 Å². The van der Waals surface area contributed by atoms with Gasteiger partial charge in [-0.15, -0.1) is 12.4 Å². The van der Waals surface area contributed by atoms with Gasteiger partial charge in [0.2, 0.25) is 5.91 Å². The van der Waals surface area contributed by atoms with E-state index in [1.54, 1.807) is 0 Å². The molecular weight excluding hydrogens is 324 g/mol. The van der Waals surface area contributed by atoms with Crippen molar-refractivity contribution in [2.24, 2.45) is 5.92 Å². The average molecular weight is 355 g/mol. The van der Waals surface area contributed by atoms with Gasteiger partial charge in [-0.3, -0.25) is 4.79 Å². The number of halogens is 1. The highest BCUT2D eigenvalue weighted by Gasteiger charge is 2.15. The van der Waals surface area contributed by atoms with E-state index in [1.807, 2.05) is 39.0 Å². The molecule has 1 aliphatic rings. The molecule has 2 N–H and O–H groups in total. The molecule has 1 amide bonds.